The maximum atomic E-state index is 12.9. The second kappa shape index (κ2) is 11.8. The minimum absolute atomic E-state index is 0.145. The molecule has 2 aromatic rings. The van der Waals surface area contributed by atoms with Gasteiger partial charge in [0.15, 0.2) is 0 Å². The van der Waals surface area contributed by atoms with Gasteiger partial charge in [0.05, 0.1) is 34.8 Å². The van der Waals surface area contributed by atoms with Crippen LogP contribution in [0.3, 0.4) is 0 Å². The summed E-state index contributed by atoms with van der Waals surface area (Å²) in [6.07, 6.45) is 1.24. The Morgan fingerprint density at radius 2 is 1.94 bits per heavy atom. The second-order valence-corrected chi connectivity index (χ2v) is 8.85. The zero-order valence-electron chi connectivity index (χ0n) is 18.5. The van der Waals surface area contributed by atoms with Crippen LogP contribution in [0, 0.1) is 14.9 Å². The molecule has 0 aliphatic carbocycles. The Kier molecular flexibility index (Phi) is 8.82. The molecule has 4 N–H and O–H groups in total. The standard InChI is InChI=1S/C24H27IN6O2/c1-17(28-20-4-2-19(25)3-5-20)22(16-27)24(33)29-21-6-7-23(18(14-21)15-26)31-10-8-30(9-11-31)12-13-32/h2-7,14,16,32H,8-13,27H2,1H3,(H,29,33). The maximum absolute atomic E-state index is 12.9. The van der Waals surface area contributed by atoms with Crippen LogP contribution >= 0.6 is 22.6 Å². The van der Waals surface area contributed by atoms with Gasteiger partial charge in [-0.2, -0.15) is 5.26 Å². The third kappa shape index (κ3) is 6.54. The third-order valence-electron chi connectivity index (χ3n) is 5.43. The van der Waals surface area contributed by atoms with Crippen molar-refractivity contribution in [2.45, 2.75) is 6.92 Å². The van der Waals surface area contributed by atoms with E-state index in [-0.39, 0.29) is 12.2 Å². The molecule has 1 aliphatic heterocycles. The number of amides is 1. The molecule has 33 heavy (non-hydrogen) atoms. The average molecular weight is 558 g/mol. The molecule has 0 atom stereocenters. The van der Waals surface area contributed by atoms with Crippen LogP contribution in [-0.2, 0) is 4.79 Å². The number of carbonyl (C=O) groups is 1. The number of carbonyl (C=O) groups excluding carboxylic acids is 1. The number of anilines is 2. The summed E-state index contributed by atoms with van der Waals surface area (Å²) in [7, 11) is 0. The van der Waals surface area contributed by atoms with E-state index >= 15 is 0 Å². The molecule has 8 nitrogen and oxygen atoms in total. The molecule has 9 heteroatoms. The highest BCUT2D eigenvalue weighted by atomic mass is 127. The van der Waals surface area contributed by atoms with Gasteiger partial charge in [-0.1, -0.05) is 0 Å². The highest BCUT2D eigenvalue weighted by Crippen LogP contribution is 2.25. The number of hydrogen-bond acceptors (Lipinski definition) is 7. The minimum Gasteiger partial charge on any atom is -0.404 e. The fourth-order valence-corrected chi connectivity index (χ4v) is 4.02. The predicted octanol–water partition coefficient (Wildman–Crippen LogP) is 2.85. The number of halogens is 1. The molecular formula is C24H27IN6O2. The summed E-state index contributed by atoms with van der Waals surface area (Å²) in [6.45, 7) is 5.74. The van der Waals surface area contributed by atoms with E-state index in [4.69, 9.17) is 10.8 Å². The number of aliphatic imine (C=N–C) groups is 1. The largest absolute Gasteiger partial charge is 0.404 e. The quantitative estimate of drug-likeness (QED) is 0.273. The SMILES string of the molecule is CC(=Nc1ccc(I)cc1)C(=CN)C(=O)Nc1ccc(N2CCN(CCO)CC2)c(C#N)c1. The van der Waals surface area contributed by atoms with Crippen molar-refractivity contribution in [1.82, 2.24) is 4.90 Å². The lowest BCUT2D eigenvalue weighted by molar-refractivity contribution is -0.112. The highest BCUT2D eigenvalue weighted by molar-refractivity contribution is 14.1. The van der Waals surface area contributed by atoms with E-state index in [1.54, 1.807) is 19.1 Å². The van der Waals surface area contributed by atoms with E-state index < -0.39 is 5.91 Å². The Balaban J connectivity index is 1.71. The lowest BCUT2D eigenvalue weighted by Gasteiger charge is -2.36. The van der Waals surface area contributed by atoms with Crippen molar-refractivity contribution in [2.75, 3.05) is 49.5 Å². The first-order valence-electron chi connectivity index (χ1n) is 10.6. The van der Waals surface area contributed by atoms with E-state index in [2.05, 4.69) is 48.8 Å². The Labute approximate surface area is 207 Å². The van der Waals surface area contributed by atoms with Gasteiger partial charge in [0.1, 0.15) is 6.07 Å². The first-order valence-corrected chi connectivity index (χ1v) is 11.7. The summed E-state index contributed by atoms with van der Waals surface area (Å²) in [5.74, 6) is -0.390. The molecule has 1 heterocycles. The molecule has 2 aromatic carbocycles. The van der Waals surface area contributed by atoms with Crippen molar-refractivity contribution in [3.63, 3.8) is 0 Å². The second-order valence-electron chi connectivity index (χ2n) is 7.60. The molecule has 0 bridgehead atoms. The van der Waals surface area contributed by atoms with Crippen molar-refractivity contribution in [3.05, 3.63) is 63.4 Å². The van der Waals surface area contributed by atoms with Crippen LogP contribution in [0.15, 0.2) is 59.2 Å². The lowest BCUT2D eigenvalue weighted by Crippen LogP contribution is -2.47. The molecule has 0 spiro atoms. The zero-order valence-corrected chi connectivity index (χ0v) is 20.6. The summed E-state index contributed by atoms with van der Waals surface area (Å²) >= 11 is 2.22. The molecule has 0 saturated carbocycles. The van der Waals surface area contributed by atoms with Crippen molar-refractivity contribution < 1.29 is 9.90 Å². The van der Waals surface area contributed by atoms with Gasteiger partial charge in [-0.3, -0.25) is 14.7 Å². The van der Waals surface area contributed by atoms with Gasteiger partial charge >= 0.3 is 0 Å². The van der Waals surface area contributed by atoms with Gasteiger partial charge in [0.25, 0.3) is 5.91 Å². The monoisotopic (exact) mass is 558 g/mol. The number of β-amino-alcohol motifs (C(OH)–C–C–N with tert-alkyl or cyclic N) is 1. The van der Waals surface area contributed by atoms with Crippen LogP contribution in [0.1, 0.15) is 12.5 Å². The van der Waals surface area contributed by atoms with Crippen LogP contribution in [0.5, 0.6) is 0 Å². The molecule has 0 aromatic heterocycles. The summed E-state index contributed by atoms with van der Waals surface area (Å²) in [5.41, 5.74) is 9.06. The smallest absolute Gasteiger partial charge is 0.258 e. The molecule has 172 valence electrons. The van der Waals surface area contributed by atoms with Crippen molar-refractivity contribution in [1.29, 1.82) is 5.26 Å². The van der Waals surface area contributed by atoms with Crippen LogP contribution < -0.4 is 16.0 Å². The van der Waals surface area contributed by atoms with Gasteiger partial charge < -0.3 is 21.1 Å². The number of hydrogen-bond donors (Lipinski definition) is 3. The predicted molar refractivity (Wildman–Crippen MR) is 140 cm³/mol. The molecule has 0 radical (unpaired) electrons. The van der Waals surface area contributed by atoms with Crippen LogP contribution in [-0.4, -0.2) is 61.0 Å². The Hall–Kier alpha value is -2.94. The Morgan fingerprint density at radius 3 is 2.55 bits per heavy atom. The molecule has 1 saturated heterocycles. The highest BCUT2D eigenvalue weighted by Gasteiger charge is 2.20. The van der Waals surface area contributed by atoms with E-state index in [1.807, 2.05) is 30.3 Å². The number of aliphatic hydroxyl groups excluding tert-OH is 1. The third-order valence-corrected chi connectivity index (χ3v) is 6.15. The minimum atomic E-state index is -0.390. The molecule has 1 amide bonds. The van der Waals surface area contributed by atoms with E-state index in [0.29, 0.717) is 23.5 Å². The first kappa shape index (κ1) is 24.7. The van der Waals surface area contributed by atoms with Crippen molar-refractivity contribution >= 4 is 51.3 Å². The van der Waals surface area contributed by atoms with Crippen molar-refractivity contribution in [3.8, 4) is 6.07 Å². The van der Waals surface area contributed by atoms with Gasteiger partial charge in [-0.25, -0.2) is 0 Å². The fraction of sp³-hybridized carbons (Fsp3) is 0.292. The Bertz CT molecular complexity index is 1080. The fourth-order valence-electron chi connectivity index (χ4n) is 3.66. The summed E-state index contributed by atoms with van der Waals surface area (Å²) in [5, 5.41) is 21.6. The van der Waals surface area contributed by atoms with Crippen LogP contribution in [0.25, 0.3) is 0 Å². The van der Waals surface area contributed by atoms with E-state index in [9.17, 15) is 10.1 Å². The maximum Gasteiger partial charge on any atom is 0.258 e. The lowest BCUT2D eigenvalue weighted by atomic mass is 10.1. The number of nitriles is 1. The molecule has 1 aliphatic rings. The van der Waals surface area contributed by atoms with Gasteiger partial charge in [0.2, 0.25) is 0 Å². The van der Waals surface area contributed by atoms with E-state index in [0.717, 1.165) is 41.1 Å². The van der Waals surface area contributed by atoms with E-state index in [1.165, 1.54) is 6.20 Å². The first-order chi connectivity index (χ1) is 15.9. The zero-order chi connectivity index (χ0) is 23.8. The summed E-state index contributed by atoms with van der Waals surface area (Å²) < 4.78 is 1.10. The molecule has 1 fully saturated rings. The number of nitrogens with one attached hydrogen (secondary N) is 1. The average Bonchev–Trinajstić information content (AvgIpc) is 2.82. The van der Waals surface area contributed by atoms with Gasteiger partial charge in [0, 0.05) is 48.2 Å². The Morgan fingerprint density at radius 1 is 1.24 bits per heavy atom. The number of benzene rings is 2. The van der Waals surface area contributed by atoms with Gasteiger partial charge in [-0.05, 0) is 72.0 Å². The number of piperazine rings is 1. The van der Waals surface area contributed by atoms with Crippen LogP contribution in [0.4, 0.5) is 17.1 Å². The number of aliphatic hydroxyl groups is 1. The number of nitrogens with two attached hydrogens (primary N) is 1. The molecule has 0 unspecified atom stereocenters. The summed E-state index contributed by atoms with van der Waals surface area (Å²) in [4.78, 5) is 21.7. The number of rotatable bonds is 7. The molecule has 3 rings (SSSR count). The summed E-state index contributed by atoms with van der Waals surface area (Å²) in [6, 6.07) is 15.2. The normalized spacial score (nSPS) is 15.3. The van der Waals surface area contributed by atoms with Crippen molar-refractivity contribution in [2.24, 2.45) is 10.7 Å². The van der Waals surface area contributed by atoms with Crippen LogP contribution in [0.2, 0.25) is 0 Å². The molecular weight excluding hydrogens is 531 g/mol. The number of nitrogens with zero attached hydrogens (tertiary/aromatic N) is 4. The van der Waals surface area contributed by atoms with Gasteiger partial charge in [-0.15, -0.1) is 0 Å². The topological polar surface area (TPSA) is 118 Å².